The number of rotatable bonds is 14. The summed E-state index contributed by atoms with van der Waals surface area (Å²) in [5.41, 5.74) is 0. The highest BCUT2D eigenvalue weighted by Gasteiger charge is 2.54. The van der Waals surface area contributed by atoms with Gasteiger partial charge in [0.15, 0.2) is 18.9 Å². The molecule has 0 aromatic carbocycles. The second-order valence-corrected chi connectivity index (χ2v) is 10.9. The Morgan fingerprint density at radius 1 is 0.467 bits per heavy atom. The largest absolute Gasteiger partial charge is 0.394 e. The SMILES string of the molecule is OC[C@@H](O)[C@H](O)[C@H](O[C@@H]1O[C@H](CO)[C@H](O[C@H]2O[C@H](CO)[C@@H](O)[C@H](O[C@H]3O[C@H](CO)[C@@H](O)[C@H](O)[C@@H]3O)[C@@H]2O)[C@H](O)[C@H]1O)[C@@H](O)CO. The monoisotopic (exact) mass is 668 g/mol. The third-order valence-electron chi connectivity index (χ3n) is 7.85. The van der Waals surface area contributed by atoms with Gasteiger partial charge in [0.2, 0.25) is 0 Å². The van der Waals surface area contributed by atoms with Gasteiger partial charge in [0.05, 0.1) is 33.0 Å². The Hall–Kier alpha value is -0.840. The molecule has 0 aliphatic carbocycles. The van der Waals surface area contributed by atoms with E-state index in [1.54, 1.807) is 0 Å². The molecule has 3 aliphatic rings. The van der Waals surface area contributed by atoms with Crippen LogP contribution in [0.25, 0.3) is 0 Å². The van der Waals surface area contributed by atoms with Crippen molar-refractivity contribution in [1.29, 1.82) is 0 Å². The summed E-state index contributed by atoms with van der Waals surface area (Å²) in [5.74, 6) is 0. The number of hydrogen-bond donors (Lipinski definition) is 15. The van der Waals surface area contributed by atoms with Crippen molar-refractivity contribution < 1.29 is 105 Å². The summed E-state index contributed by atoms with van der Waals surface area (Å²) in [4.78, 5) is 0. The van der Waals surface area contributed by atoms with Crippen molar-refractivity contribution in [2.45, 2.75) is 117 Å². The fourth-order valence-electron chi connectivity index (χ4n) is 5.13. The van der Waals surface area contributed by atoms with Crippen LogP contribution in [-0.2, 0) is 28.4 Å². The zero-order chi connectivity index (χ0) is 33.7. The van der Waals surface area contributed by atoms with Gasteiger partial charge in [0.25, 0.3) is 0 Å². The van der Waals surface area contributed by atoms with Crippen LogP contribution in [0.15, 0.2) is 0 Å². The predicted octanol–water partition coefficient (Wildman–Crippen LogP) is -10.1. The first-order valence-electron chi connectivity index (χ1n) is 14.0. The van der Waals surface area contributed by atoms with Crippen LogP contribution in [0, 0.1) is 0 Å². The summed E-state index contributed by atoms with van der Waals surface area (Å²) >= 11 is 0. The van der Waals surface area contributed by atoms with E-state index >= 15 is 0 Å². The molecule has 19 atom stereocenters. The van der Waals surface area contributed by atoms with E-state index in [0.717, 1.165) is 0 Å². The van der Waals surface area contributed by atoms with E-state index in [1.165, 1.54) is 0 Å². The third kappa shape index (κ3) is 8.43. The van der Waals surface area contributed by atoms with Gasteiger partial charge < -0.3 is 105 Å². The lowest BCUT2D eigenvalue weighted by Gasteiger charge is -2.48. The maximum atomic E-state index is 11.0. The molecule has 45 heavy (non-hydrogen) atoms. The van der Waals surface area contributed by atoms with Crippen LogP contribution in [0.3, 0.4) is 0 Å². The molecule has 266 valence electrons. The molecule has 21 nitrogen and oxygen atoms in total. The first-order valence-corrected chi connectivity index (χ1v) is 14.0. The van der Waals surface area contributed by atoms with Crippen LogP contribution in [0.4, 0.5) is 0 Å². The quantitative estimate of drug-likeness (QED) is 0.0816. The zero-order valence-electron chi connectivity index (χ0n) is 23.7. The molecule has 3 saturated heterocycles. The van der Waals surface area contributed by atoms with Crippen molar-refractivity contribution in [3.8, 4) is 0 Å². The molecule has 15 N–H and O–H groups in total. The first-order chi connectivity index (χ1) is 21.2. The highest BCUT2D eigenvalue weighted by atomic mass is 16.8. The van der Waals surface area contributed by atoms with Crippen LogP contribution < -0.4 is 0 Å². The van der Waals surface area contributed by atoms with E-state index in [-0.39, 0.29) is 0 Å². The minimum absolute atomic E-state index is 0.815. The van der Waals surface area contributed by atoms with Crippen LogP contribution in [0.5, 0.6) is 0 Å². The maximum Gasteiger partial charge on any atom is 0.187 e. The summed E-state index contributed by atoms with van der Waals surface area (Å²) in [6, 6.07) is 0. The highest BCUT2D eigenvalue weighted by Crippen LogP contribution is 2.33. The smallest absolute Gasteiger partial charge is 0.187 e. The van der Waals surface area contributed by atoms with E-state index in [1.807, 2.05) is 0 Å². The third-order valence-corrected chi connectivity index (χ3v) is 7.85. The Balaban J connectivity index is 1.78. The van der Waals surface area contributed by atoms with Gasteiger partial charge in [-0.15, -0.1) is 0 Å². The second-order valence-electron chi connectivity index (χ2n) is 10.9. The van der Waals surface area contributed by atoms with E-state index in [9.17, 15) is 71.5 Å². The number of hydrogen-bond acceptors (Lipinski definition) is 21. The Kier molecular flexibility index (Phi) is 14.6. The molecule has 0 aromatic heterocycles. The van der Waals surface area contributed by atoms with Gasteiger partial charge in [-0.3, -0.25) is 0 Å². The minimum atomic E-state index is -2.09. The van der Waals surface area contributed by atoms with E-state index < -0.39 is 150 Å². The summed E-state index contributed by atoms with van der Waals surface area (Å²) in [5, 5.41) is 151. The van der Waals surface area contributed by atoms with Gasteiger partial charge in [-0.25, -0.2) is 0 Å². The van der Waals surface area contributed by atoms with Crippen molar-refractivity contribution in [3.63, 3.8) is 0 Å². The zero-order valence-corrected chi connectivity index (χ0v) is 23.7. The Bertz CT molecular complexity index is 869. The maximum absolute atomic E-state index is 11.0. The summed E-state index contributed by atoms with van der Waals surface area (Å²) in [6.07, 6.45) is -35.1. The molecule has 0 saturated carbocycles. The summed E-state index contributed by atoms with van der Waals surface area (Å²) in [7, 11) is 0. The van der Waals surface area contributed by atoms with Crippen LogP contribution in [-0.4, -0.2) is 226 Å². The van der Waals surface area contributed by atoms with Crippen molar-refractivity contribution in [1.82, 2.24) is 0 Å². The molecule has 0 unspecified atom stereocenters. The molecule has 0 spiro atoms. The van der Waals surface area contributed by atoms with Gasteiger partial charge in [0, 0.05) is 0 Å². The number of aliphatic hydroxyl groups excluding tert-OH is 15. The fourth-order valence-corrected chi connectivity index (χ4v) is 5.13. The van der Waals surface area contributed by atoms with Crippen molar-refractivity contribution in [2.75, 3.05) is 33.0 Å². The fraction of sp³-hybridized carbons (Fsp3) is 1.00. The normalized spacial score (nSPS) is 45.5. The lowest BCUT2D eigenvalue weighted by molar-refractivity contribution is -0.384. The predicted molar refractivity (Wildman–Crippen MR) is 136 cm³/mol. The van der Waals surface area contributed by atoms with Crippen molar-refractivity contribution in [3.05, 3.63) is 0 Å². The molecule has 3 aliphatic heterocycles. The van der Waals surface area contributed by atoms with Gasteiger partial charge >= 0.3 is 0 Å². The Morgan fingerprint density at radius 3 is 1.47 bits per heavy atom. The molecular weight excluding hydrogens is 624 g/mol. The molecule has 3 heterocycles. The van der Waals surface area contributed by atoms with Crippen LogP contribution in [0.2, 0.25) is 0 Å². The Morgan fingerprint density at radius 2 is 0.933 bits per heavy atom. The first kappa shape index (κ1) is 38.6. The van der Waals surface area contributed by atoms with E-state index in [4.69, 9.17) is 33.5 Å². The lowest BCUT2D eigenvalue weighted by Crippen LogP contribution is -2.67. The standard InChI is InChI=1S/C24H44O21/c25-1-6(30)11(32)19(7(31)2-26)43-23-17(38)15(36)20(10(5-29)42-23)44-24-18(39)21(13(34)9(4-28)41-24)45-22-16(37)14(35)12(33)8(3-27)40-22/h6-39H,1-5H2/t6-,7+,8-,9-,10-,11+,12-,13-,14+,15-,16+,17-,18+,19-,20+,21+,22-,23+,24-/m1/s1. The molecular formula is C24H44O21. The summed E-state index contributed by atoms with van der Waals surface area (Å²) in [6.45, 7) is -4.67. The van der Waals surface area contributed by atoms with Crippen molar-refractivity contribution in [2.24, 2.45) is 0 Å². The average molecular weight is 669 g/mol. The molecule has 0 bridgehead atoms. The molecule has 0 amide bonds. The molecule has 0 radical (unpaired) electrons. The minimum Gasteiger partial charge on any atom is -0.394 e. The van der Waals surface area contributed by atoms with Gasteiger partial charge in [-0.2, -0.15) is 0 Å². The molecule has 0 aromatic rings. The highest BCUT2D eigenvalue weighted by molar-refractivity contribution is 4.97. The number of aliphatic hydroxyl groups is 15. The molecule has 3 rings (SSSR count). The van der Waals surface area contributed by atoms with Crippen LogP contribution in [0.1, 0.15) is 0 Å². The van der Waals surface area contributed by atoms with Gasteiger partial charge in [-0.05, 0) is 0 Å². The van der Waals surface area contributed by atoms with Crippen LogP contribution >= 0.6 is 0 Å². The molecule has 21 heteroatoms. The lowest BCUT2D eigenvalue weighted by atomic mass is 9.96. The van der Waals surface area contributed by atoms with Crippen molar-refractivity contribution >= 4 is 0 Å². The Labute approximate surface area is 255 Å². The molecule has 3 fully saturated rings. The van der Waals surface area contributed by atoms with E-state index in [2.05, 4.69) is 0 Å². The average Bonchev–Trinajstić information content (AvgIpc) is 3.04. The second kappa shape index (κ2) is 17.0. The number of ether oxygens (including phenoxy) is 6. The van der Waals surface area contributed by atoms with E-state index in [0.29, 0.717) is 0 Å². The topological polar surface area (TPSA) is 359 Å². The summed E-state index contributed by atoms with van der Waals surface area (Å²) < 4.78 is 32.4. The van der Waals surface area contributed by atoms with Gasteiger partial charge in [0.1, 0.15) is 97.7 Å². The van der Waals surface area contributed by atoms with Gasteiger partial charge in [-0.1, -0.05) is 0 Å².